The highest BCUT2D eigenvalue weighted by atomic mass is 15.4. The lowest BCUT2D eigenvalue weighted by molar-refractivity contribution is 0.112. The van der Waals surface area contributed by atoms with E-state index in [4.69, 9.17) is 9.97 Å². The molecule has 2 aliphatic heterocycles. The molecule has 2 fully saturated rings. The molecule has 2 aliphatic rings. The van der Waals surface area contributed by atoms with Crippen molar-refractivity contribution < 1.29 is 0 Å². The Labute approximate surface area is 197 Å². The van der Waals surface area contributed by atoms with E-state index in [0.29, 0.717) is 12.1 Å². The number of rotatable bonds is 10. The molecule has 0 N–H and O–H groups in total. The zero-order valence-electron chi connectivity index (χ0n) is 21.6. The van der Waals surface area contributed by atoms with E-state index in [-0.39, 0.29) is 0 Å². The number of piperidine rings is 1. The van der Waals surface area contributed by atoms with E-state index < -0.39 is 0 Å². The minimum Gasteiger partial charge on any atom is -0.332 e. The number of hydrogen-bond acceptors (Lipinski definition) is 6. The maximum Gasteiger partial charge on any atom is 0.225 e. The van der Waals surface area contributed by atoms with Gasteiger partial charge in [0.1, 0.15) is 0 Å². The molecule has 0 bridgehead atoms. The Morgan fingerprint density at radius 2 is 1.62 bits per heavy atom. The smallest absolute Gasteiger partial charge is 0.225 e. The van der Waals surface area contributed by atoms with Crippen molar-refractivity contribution in [3.05, 3.63) is 18.0 Å². The zero-order valence-corrected chi connectivity index (χ0v) is 21.6. The van der Waals surface area contributed by atoms with Gasteiger partial charge in [0, 0.05) is 62.3 Å². The first-order chi connectivity index (χ1) is 15.4. The van der Waals surface area contributed by atoms with Crippen LogP contribution < -0.4 is 4.90 Å². The van der Waals surface area contributed by atoms with E-state index in [1.165, 1.54) is 50.9 Å². The first kappa shape index (κ1) is 25.4. The molecule has 0 amide bonds. The summed E-state index contributed by atoms with van der Waals surface area (Å²) in [6.45, 7) is 16.0. The largest absolute Gasteiger partial charge is 0.332 e. The highest BCUT2D eigenvalue weighted by Gasteiger charge is 2.33. The van der Waals surface area contributed by atoms with Gasteiger partial charge >= 0.3 is 0 Å². The number of likely N-dealkylation sites (tertiary alicyclic amines) is 1. The monoisotopic (exact) mass is 444 g/mol. The first-order valence-electron chi connectivity index (χ1n) is 13.1. The van der Waals surface area contributed by atoms with E-state index in [9.17, 15) is 0 Å². The number of nitrogens with zero attached hydrogens (tertiary/aromatic N) is 6. The van der Waals surface area contributed by atoms with E-state index >= 15 is 0 Å². The summed E-state index contributed by atoms with van der Waals surface area (Å²) in [6.07, 6.45) is 11.6. The van der Waals surface area contributed by atoms with Crippen molar-refractivity contribution in [3.8, 4) is 0 Å². The van der Waals surface area contributed by atoms with Crippen LogP contribution in [0, 0.1) is 5.92 Å². The molecule has 182 valence electrons. The quantitative estimate of drug-likeness (QED) is 0.541. The molecule has 3 rings (SSSR count). The number of aromatic nitrogens is 2. The molecular formula is C26H48N6. The van der Waals surface area contributed by atoms with Gasteiger partial charge in [0.05, 0.1) is 0 Å². The molecule has 0 saturated carbocycles. The summed E-state index contributed by atoms with van der Waals surface area (Å²) >= 11 is 0. The SMILES string of the molecule is CCCC(C)CN(C)C1CCN(Cc2cnc(N3C(CC)CN(C)CC3CC)nc2)CC1. The van der Waals surface area contributed by atoms with Crippen molar-refractivity contribution in [1.29, 1.82) is 0 Å². The molecular weight excluding hydrogens is 396 g/mol. The van der Waals surface area contributed by atoms with Crippen molar-refractivity contribution in [1.82, 2.24) is 24.7 Å². The zero-order chi connectivity index (χ0) is 23.1. The van der Waals surface area contributed by atoms with Gasteiger partial charge in [0.25, 0.3) is 0 Å². The van der Waals surface area contributed by atoms with Crippen molar-refractivity contribution in [2.45, 2.75) is 90.9 Å². The fourth-order valence-electron chi connectivity index (χ4n) is 5.81. The van der Waals surface area contributed by atoms with Crippen LogP contribution in [-0.2, 0) is 6.54 Å². The van der Waals surface area contributed by atoms with Gasteiger partial charge in [-0.15, -0.1) is 0 Å². The average Bonchev–Trinajstić information content (AvgIpc) is 2.79. The Balaban J connectivity index is 1.52. The predicted molar refractivity (Wildman–Crippen MR) is 135 cm³/mol. The summed E-state index contributed by atoms with van der Waals surface area (Å²) in [7, 11) is 4.56. The summed E-state index contributed by atoms with van der Waals surface area (Å²) in [5.74, 6) is 1.72. The van der Waals surface area contributed by atoms with Crippen molar-refractivity contribution >= 4 is 5.95 Å². The molecule has 3 atom stereocenters. The number of piperazine rings is 1. The van der Waals surface area contributed by atoms with Gasteiger partial charge in [0.15, 0.2) is 0 Å². The molecule has 6 heteroatoms. The summed E-state index contributed by atoms with van der Waals surface area (Å²) < 4.78 is 0. The van der Waals surface area contributed by atoms with E-state index in [0.717, 1.165) is 50.4 Å². The van der Waals surface area contributed by atoms with Gasteiger partial charge in [0.2, 0.25) is 5.95 Å². The third-order valence-corrected chi connectivity index (χ3v) is 7.66. The lowest BCUT2D eigenvalue weighted by atomic mass is 10.00. The molecule has 0 aromatic carbocycles. The van der Waals surface area contributed by atoms with E-state index in [1.54, 1.807) is 0 Å². The molecule has 0 aliphatic carbocycles. The van der Waals surface area contributed by atoms with Gasteiger partial charge in [-0.3, -0.25) is 4.90 Å². The molecule has 2 saturated heterocycles. The van der Waals surface area contributed by atoms with E-state index in [1.807, 2.05) is 0 Å². The molecule has 1 aromatic heterocycles. The maximum absolute atomic E-state index is 4.84. The van der Waals surface area contributed by atoms with Gasteiger partial charge in [-0.2, -0.15) is 0 Å². The fraction of sp³-hybridized carbons (Fsp3) is 0.846. The van der Waals surface area contributed by atoms with Crippen molar-refractivity contribution in [2.24, 2.45) is 5.92 Å². The van der Waals surface area contributed by atoms with Crippen LogP contribution in [0.3, 0.4) is 0 Å². The standard InChI is InChI=1S/C26H48N6/c1-7-10-21(4)17-30(6)25-11-13-31(14-12-25)18-22-15-27-26(28-16-22)32-23(8-2)19-29(5)20-24(32)9-3/h15-16,21,23-25H,7-14,17-20H2,1-6H3. The van der Waals surface area contributed by atoms with Gasteiger partial charge in [-0.1, -0.05) is 34.1 Å². The molecule has 0 radical (unpaired) electrons. The Morgan fingerprint density at radius 3 is 2.16 bits per heavy atom. The Bertz CT molecular complexity index is 643. The van der Waals surface area contributed by atoms with Crippen LogP contribution in [0.5, 0.6) is 0 Å². The van der Waals surface area contributed by atoms with Crippen LogP contribution in [0.1, 0.15) is 71.8 Å². The fourth-order valence-corrected chi connectivity index (χ4v) is 5.81. The summed E-state index contributed by atoms with van der Waals surface area (Å²) in [5.41, 5.74) is 1.24. The van der Waals surface area contributed by atoms with Crippen molar-refractivity contribution in [3.63, 3.8) is 0 Å². The first-order valence-corrected chi connectivity index (χ1v) is 13.1. The summed E-state index contributed by atoms with van der Waals surface area (Å²) in [6, 6.07) is 1.74. The predicted octanol–water partition coefficient (Wildman–Crippen LogP) is 4.12. The maximum atomic E-state index is 4.84. The summed E-state index contributed by atoms with van der Waals surface area (Å²) in [5, 5.41) is 0. The van der Waals surface area contributed by atoms with Crippen LogP contribution in [0.4, 0.5) is 5.95 Å². The Kier molecular flexibility index (Phi) is 9.75. The van der Waals surface area contributed by atoms with Gasteiger partial charge in [-0.25, -0.2) is 9.97 Å². The molecule has 3 unspecified atom stereocenters. The highest BCUT2D eigenvalue weighted by Crippen LogP contribution is 2.25. The second kappa shape index (κ2) is 12.3. The molecule has 0 spiro atoms. The molecule has 1 aromatic rings. The number of anilines is 1. The third kappa shape index (κ3) is 6.64. The highest BCUT2D eigenvalue weighted by molar-refractivity contribution is 5.35. The van der Waals surface area contributed by atoms with Gasteiger partial charge < -0.3 is 14.7 Å². The second-order valence-electron chi connectivity index (χ2n) is 10.5. The number of hydrogen-bond donors (Lipinski definition) is 0. The van der Waals surface area contributed by atoms with Gasteiger partial charge in [-0.05, 0) is 65.2 Å². The second-order valence-corrected chi connectivity index (χ2v) is 10.5. The van der Waals surface area contributed by atoms with E-state index in [2.05, 4.69) is 73.8 Å². The topological polar surface area (TPSA) is 38.7 Å². The lowest BCUT2D eigenvalue weighted by Crippen LogP contribution is -2.58. The molecule has 32 heavy (non-hydrogen) atoms. The lowest BCUT2D eigenvalue weighted by Gasteiger charge is -2.45. The van der Waals surface area contributed by atoms with Crippen LogP contribution >= 0.6 is 0 Å². The summed E-state index contributed by atoms with van der Waals surface area (Å²) in [4.78, 5) is 19.8. The third-order valence-electron chi connectivity index (χ3n) is 7.66. The molecule has 3 heterocycles. The van der Waals surface area contributed by atoms with Crippen molar-refractivity contribution in [2.75, 3.05) is 51.7 Å². The van der Waals surface area contributed by atoms with Crippen LogP contribution in [0.2, 0.25) is 0 Å². The number of likely N-dealkylation sites (N-methyl/N-ethyl adjacent to an activating group) is 1. The van der Waals surface area contributed by atoms with Crippen LogP contribution in [-0.4, -0.2) is 89.6 Å². The Hall–Kier alpha value is -1.24. The normalized spacial score (nSPS) is 24.9. The minimum absolute atomic E-state index is 0.501. The Morgan fingerprint density at radius 1 is 1.03 bits per heavy atom. The van der Waals surface area contributed by atoms with Crippen LogP contribution in [0.25, 0.3) is 0 Å². The minimum atomic E-state index is 0.501. The van der Waals surface area contributed by atoms with Crippen LogP contribution in [0.15, 0.2) is 12.4 Å². The average molecular weight is 445 g/mol. The molecule has 6 nitrogen and oxygen atoms in total.